The first kappa shape index (κ1) is 16.8. The minimum Gasteiger partial charge on any atom is -0.379 e. The molecule has 0 unspecified atom stereocenters. The number of fused-ring (bicyclic) bond motifs is 1. The maximum Gasteiger partial charge on any atom is 0.234 e. The molecule has 0 saturated heterocycles. The lowest BCUT2D eigenvalue weighted by atomic mass is 9.99. The third-order valence-corrected chi connectivity index (χ3v) is 6.24. The van der Waals surface area contributed by atoms with Crippen molar-refractivity contribution in [2.45, 2.75) is 56.0 Å². The highest BCUT2D eigenvalue weighted by Gasteiger charge is 2.24. The normalized spacial score (nSPS) is 18.0. The second-order valence-corrected chi connectivity index (χ2v) is 8.47. The monoisotopic (exact) mass is 328 g/mol. The highest BCUT2D eigenvalue weighted by molar-refractivity contribution is 8.02. The molecule has 2 N–H and O–H groups in total. The fourth-order valence-electron chi connectivity index (χ4n) is 2.51. The molecule has 1 amide bonds. The summed E-state index contributed by atoms with van der Waals surface area (Å²) in [6, 6.07) is 2.72. The van der Waals surface area contributed by atoms with E-state index in [4.69, 9.17) is 4.74 Å². The molecular weight excluding hydrogens is 304 g/mol. The zero-order chi connectivity index (χ0) is 15.6. The second-order valence-electron chi connectivity index (χ2n) is 6.14. The van der Waals surface area contributed by atoms with Crippen LogP contribution in [0.4, 0.5) is 5.69 Å². The first-order valence-corrected chi connectivity index (χ1v) is 8.98. The predicted octanol–water partition coefficient (Wildman–Crippen LogP) is 3.65. The van der Waals surface area contributed by atoms with Gasteiger partial charge in [0.1, 0.15) is 0 Å². The first-order chi connectivity index (χ1) is 9.80. The average molecular weight is 329 g/mol. The molecule has 0 aromatic carbocycles. The van der Waals surface area contributed by atoms with Crippen LogP contribution in [-0.2, 0) is 9.53 Å². The Balaban J connectivity index is 1.97. The van der Waals surface area contributed by atoms with Gasteiger partial charge in [-0.3, -0.25) is 4.79 Å². The molecule has 21 heavy (non-hydrogen) atoms. The summed E-state index contributed by atoms with van der Waals surface area (Å²) in [4.78, 5) is 12.7. The number of carbonyl (C=O) groups excluding carboxylic acids is 1. The van der Waals surface area contributed by atoms with Gasteiger partial charge in [0.25, 0.3) is 0 Å². The second kappa shape index (κ2) is 6.69. The van der Waals surface area contributed by atoms with Gasteiger partial charge in [0.2, 0.25) is 5.91 Å². The standard InChI is InChI=1S/C15H24N2O2S2/c1-9(7-15(3,4)19-5)16-10(2)12-6-11-14(21-12)20-8-13(18)17-11/h6,9-10,16H,7-8H2,1-5H3,(H,17,18)/t9-,10-/m1/s1. The SMILES string of the molecule is COC(C)(C)C[C@@H](C)N[C@H](C)c1cc2c(s1)SCC(=O)N2. The molecular formula is C15H24N2O2S2. The predicted molar refractivity (Wildman–Crippen MR) is 90.4 cm³/mol. The van der Waals surface area contributed by atoms with Crippen LogP contribution in [0, 0.1) is 0 Å². The molecule has 2 atom stereocenters. The maximum absolute atomic E-state index is 11.4. The zero-order valence-corrected chi connectivity index (χ0v) is 14.9. The van der Waals surface area contributed by atoms with Crippen LogP contribution in [0.1, 0.15) is 45.0 Å². The third kappa shape index (κ3) is 4.45. The van der Waals surface area contributed by atoms with Gasteiger partial charge in [-0.15, -0.1) is 23.1 Å². The third-order valence-electron chi connectivity index (χ3n) is 3.64. The van der Waals surface area contributed by atoms with E-state index in [-0.39, 0.29) is 17.6 Å². The molecule has 0 spiro atoms. The van der Waals surface area contributed by atoms with Crippen LogP contribution in [0.2, 0.25) is 0 Å². The lowest BCUT2D eigenvalue weighted by molar-refractivity contribution is -0.113. The summed E-state index contributed by atoms with van der Waals surface area (Å²) in [6.07, 6.45) is 0.949. The van der Waals surface area contributed by atoms with Crippen LogP contribution in [0.15, 0.2) is 10.3 Å². The van der Waals surface area contributed by atoms with Gasteiger partial charge < -0.3 is 15.4 Å². The van der Waals surface area contributed by atoms with Crippen molar-refractivity contribution in [2.24, 2.45) is 0 Å². The molecule has 1 aliphatic heterocycles. The minimum atomic E-state index is -0.120. The Hall–Kier alpha value is -0.560. The fraction of sp³-hybridized carbons (Fsp3) is 0.667. The quantitative estimate of drug-likeness (QED) is 0.837. The molecule has 6 heteroatoms. The molecule has 0 fully saturated rings. The highest BCUT2D eigenvalue weighted by Crippen LogP contribution is 2.41. The Kier molecular flexibility index (Phi) is 5.35. The van der Waals surface area contributed by atoms with Gasteiger partial charge in [-0.2, -0.15) is 0 Å². The van der Waals surface area contributed by atoms with Crippen molar-refractivity contribution in [3.05, 3.63) is 10.9 Å². The fourth-order valence-corrected chi connectivity index (χ4v) is 4.66. The van der Waals surface area contributed by atoms with E-state index < -0.39 is 0 Å². The minimum absolute atomic E-state index is 0.0904. The van der Waals surface area contributed by atoms with Gasteiger partial charge in [0.05, 0.1) is 21.3 Å². The Morgan fingerprint density at radius 2 is 2.19 bits per heavy atom. The number of thiophene rings is 1. The lowest BCUT2D eigenvalue weighted by Crippen LogP contribution is -2.36. The molecule has 2 rings (SSSR count). The largest absolute Gasteiger partial charge is 0.379 e. The number of rotatable bonds is 6. The van der Waals surface area contributed by atoms with Crippen molar-refractivity contribution in [1.29, 1.82) is 0 Å². The van der Waals surface area contributed by atoms with Crippen LogP contribution >= 0.6 is 23.1 Å². The van der Waals surface area contributed by atoms with Crippen LogP contribution in [-0.4, -0.2) is 30.4 Å². The van der Waals surface area contributed by atoms with Crippen molar-refractivity contribution in [2.75, 3.05) is 18.2 Å². The number of carbonyl (C=O) groups is 1. The summed E-state index contributed by atoms with van der Waals surface area (Å²) in [5, 5.41) is 6.55. The molecule has 1 aromatic heterocycles. The maximum atomic E-state index is 11.4. The number of hydrogen-bond donors (Lipinski definition) is 2. The molecule has 0 radical (unpaired) electrons. The number of methoxy groups -OCH3 is 1. The molecule has 4 nitrogen and oxygen atoms in total. The average Bonchev–Trinajstić information content (AvgIpc) is 2.81. The molecule has 1 aromatic rings. The van der Waals surface area contributed by atoms with Crippen molar-refractivity contribution in [3.8, 4) is 0 Å². The van der Waals surface area contributed by atoms with E-state index in [1.54, 1.807) is 30.2 Å². The topological polar surface area (TPSA) is 50.4 Å². The van der Waals surface area contributed by atoms with E-state index in [1.807, 2.05) is 0 Å². The van der Waals surface area contributed by atoms with Crippen molar-refractivity contribution < 1.29 is 9.53 Å². The first-order valence-electron chi connectivity index (χ1n) is 7.18. The van der Waals surface area contributed by atoms with Crippen molar-refractivity contribution >= 4 is 34.7 Å². The summed E-state index contributed by atoms with van der Waals surface area (Å²) >= 11 is 3.39. The van der Waals surface area contributed by atoms with E-state index in [0.29, 0.717) is 11.8 Å². The number of amides is 1. The van der Waals surface area contributed by atoms with E-state index in [9.17, 15) is 4.79 Å². The number of hydrogen-bond acceptors (Lipinski definition) is 5. The van der Waals surface area contributed by atoms with Gasteiger partial charge in [-0.1, -0.05) is 0 Å². The van der Waals surface area contributed by atoms with Gasteiger partial charge >= 0.3 is 0 Å². The van der Waals surface area contributed by atoms with Crippen LogP contribution in [0.5, 0.6) is 0 Å². The number of thioether (sulfide) groups is 1. The van der Waals surface area contributed by atoms with Crippen LogP contribution in [0.25, 0.3) is 0 Å². The van der Waals surface area contributed by atoms with Gasteiger partial charge in [-0.25, -0.2) is 0 Å². The van der Waals surface area contributed by atoms with Crippen LogP contribution in [0.3, 0.4) is 0 Å². The number of anilines is 1. The molecule has 0 aliphatic carbocycles. The molecule has 1 aliphatic rings. The molecule has 118 valence electrons. The van der Waals surface area contributed by atoms with E-state index >= 15 is 0 Å². The van der Waals surface area contributed by atoms with E-state index in [1.165, 1.54) is 9.09 Å². The molecule has 0 saturated carbocycles. The summed E-state index contributed by atoms with van der Waals surface area (Å²) < 4.78 is 6.70. The summed E-state index contributed by atoms with van der Waals surface area (Å²) in [7, 11) is 1.75. The number of ether oxygens (including phenoxy) is 1. The Morgan fingerprint density at radius 1 is 1.48 bits per heavy atom. The van der Waals surface area contributed by atoms with Crippen LogP contribution < -0.4 is 10.6 Å². The van der Waals surface area contributed by atoms with Gasteiger partial charge in [-0.05, 0) is 40.2 Å². The van der Waals surface area contributed by atoms with Crippen molar-refractivity contribution in [3.63, 3.8) is 0 Å². The van der Waals surface area contributed by atoms with E-state index in [0.717, 1.165) is 12.1 Å². The Morgan fingerprint density at radius 3 is 2.86 bits per heavy atom. The lowest BCUT2D eigenvalue weighted by Gasteiger charge is -2.28. The van der Waals surface area contributed by atoms with Gasteiger partial charge in [0.15, 0.2) is 0 Å². The van der Waals surface area contributed by atoms with Gasteiger partial charge in [0, 0.05) is 24.1 Å². The number of nitrogens with one attached hydrogen (secondary N) is 2. The summed E-state index contributed by atoms with van der Waals surface area (Å²) in [6.45, 7) is 8.55. The Bertz CT molecular complexity index is 514. The van der Waals surface area contributed by atoms with E-state index in [2.05, 4.69) is 44.4 Å². The summed E-state index contributed by atoms with van der Waals surface area (Å²) in [5.41, 5.74) is 0.847. The molecule has 0 bridgehead atoms. The smallest absolute Gasteiger partial charge is 0.234 e. The highest BCUT2D eigenvalue weighted by atomic mass is 32.2. The summed E-state index contributed by atoms with van der Waals surface area (Å²) in [5.74, 6) is 0.611. The zero-order valence-electron chi connectivity index (χ0n) is 13.3. The van der Waals surface area contributed by atoms with Crippen molar-refractivity contribution in [1.82, 2.24) is 5.32 Å². The Labute approximate surface area is 135 Å². The molecule has 2 heterocycles.